The second-order valence-electron chi connectivity index (χ2n) is 16.6. The summed E-state index contributed by atoms with van der Waals surface area (Å²) >= 11 is 0. The number of aryl methyl sites for hydroxylation is 8. The summed E-state index contributed by atoms with van der Waals surface area (Å²) in [6.45, 7) is 16.6. The Bertz CT molecular complexity index is 2960. The molecule has 0 heterocycles. The van der Waals surface area contributed by atoms with E-state index in [9.17, 15) is 25.9 Å². The summed E-state index contributed by atoms with van der Waals surface area (Å²) in [6, 6.07) is 43.2. The summed E-state index contributed by atoms with van der Waals surface area (Å²) in [4.78, 5) is -0.694. The van der Waals surface area contributed by atoms with E-state index in [4.69, 9.17) is 0 Å². The van der Waals surface area contributed by atoms with Crippen molar-refractivity contribution >= 4 is 89.5 Å². The first-order valence-corrected chi connectivity index (χ1v) is 25.7. The molecular formula is C52H46Na2O6P2S2. The van der Waals surface area contributed by atoms with Gasteiger partial charge >= 0.3 is 59.1 Å². The molecule has 0 aliphatic heterocycles. The van der Waals surface area contributed by atoms with Crippen LogP contribution in [0.1, 0.15) is 44.5 Å². The molecule has 0 aliphatic carbocycles. The minimum Gasteiger partial charge on any atom is -0.744 e. The molecule has 0 amide bonds. The second-order valence-corrected chi connectivity index (χ2v) is 23.7. The molecule has 314 valence electrons. The molecule has 0 unspecified atom stereocenters. The van der Waals surface area contributed by atoms with Crippen LogP contribution in [0.2, 0.25) is 0 Å². The third-order valence-electron chi connectivity index (χ3n) is 11.1. The van der Waals surface area contributed by atoms with Crippen LogP contribution in [0.4, 0.5) is 0 Å². The SMILES string of the molecule is Cc1cc(C)cc(P(c2cc(C)cc(C)c2)c2ccc3c(S(=O)(=O)[O-])cccc3c2-c2c(P(c3cc(C)cc(C)c3)c3cc(C)cc(C)c3)ccc3c(S(=O)(=O)[O-])cccc23)c1.[Na+].[Na+]. The quantitative estimate of drug-likeness (QED) is 0.125. The van der Waals surface area contributed by atoms with Crippen molar-refractivity contribution in [3.05, 3.63) is 178 Å². The van der Waals surface area contributed by atoms with Gasteiger partial charge in [0.2, 0.25) is 0 Å². The molecule has 6 nitrogen and oxygen atoms in total. The smallest absolute Gasteiger partial charge is 0.744 e. The van der Waals surface area contributed by atoms with E-state index < -0.39 is 36.1 Å². The van der Waals surface area contributed by atoms with E-state index in [1.54, 1.807) is 24.3 Å². The molecule has 8 rings (SSSR count). The third-order valence-corrected chi connectivity index (χ3v) is 17.7. The van der Waals surface area contributed by atoms with Crippen LogP contribution in [0, 0.1) is 55.4 Å². The van der Waals surface area contributed by atoms with Crippen molar-refractivity contribution in [1.29, 1.82) is 0 Å². The van der Waals surface area contributed by atoms with Crippen LogP contribution in [0.25, 0.3) is 32.7 Å². The fourth-order valence-corrected chi connectivity index (χ4v) is 16.3. The fraction of sp³-hybridized carbons (Fsp3) is 0.154. The molecule has 0 aliphatic rings. The van der Waals surface area contributed by atoms with Gasteiger partial charge in [-0.05, 0) is 148 Å². The minimum atomic E-state index is -4.95. The second kappa shape index (κ2) is 19.7. The van der Waals surface area contributed by atoms with Gasteiger partial charge in [0.05, 0.1) is 9.79 Å². The van der Waals surface area contributed by atoms with E-state index in [0.29, 0.717) is 21.9 Å². The van der Waals surface area contributed by atoms with Gasteiger partial charge in [0.1, 0.15) is 20.2 Å². The van der Waals surface area contributed by atoms with Gasteiger partial charge in [-0.3, -0.25) is 0 Å². The molecule has 8 aromatic rings. The van der Waals surface area contributed by atoms with Crippen molar-refractivity contribution in [1.82, 2.24) is 0 Å². The largest absolute Gasteiger partial charge is 1.00 e. The van der Waals surface area contributed by atoms with Gasteiger partial charge in [0, 0.05) is 0 Å². The van der Waals surface area contributed by atoms with Crippen LogP contribution in [-0.2, 0) is 20.2 Å². The molecule has 64 heavy (non-hydrogen) atoms. The van der Waals surface area contributed by atoms with E-state index >= 15 is 0 Å². The molecule has 0 fully saturated rings. The maximum Gasteiger partial charge on any atom is 1.00 e. The third kappa shape index (κ3) is 10.3. The maximum absolute atomic E-state index is 13.1. The topological polar surface area (TPSA) is 114 Å². The van der Waals surface area contributed by atoms with Crippen molar-refractivity contribution in [3.8, 4) is 11.1 Å². The number of fused-ring (bicyclic) bond motifs is 2. The fourth-order valence-electron chi connectivity index (χ4n) is 9.14. The molecule has 8 aromatic carbocycles. The Kier molecular flexibility index (Phi) is 15.5. The Morgan fingerprint density at radius 3 is 0.828 bits per heavy atom. The van der Waals surface area contributed by atoms with Crippen LogP contribution >= 0.6 is 15.8 Å². The molecule has 0 N–H and O–H groups in total. The number of rotatable bonds is 9. The molecule has 0 saturated carbocycles. The van der Waals surface area contributed by atoms with Crippen LogP contribution in [0.5, 0.6) is 0 Å². The van der Waals surface area contributed by atoms with Crippen molar-refractivity contribution in [2.45, 2.75) is 65.2 Å². The summed E-state index contributed by atoms with van der Waals surface area (Å²) in [7, 11) is -12.7. The number of hydrogen-bond donors (Lipinski definition) is 0. The van der Waals surface area contributed by atoms with Crippen molar-refractivity contribution < 1.29 is 85.1 Å². The molecule has 12 heteroatoms. The van der Waals surface area contributed by atoms with E-state index in [1.807, 2.05) is 24.3 Å². The van der Waals surface area contributed by atoms with Gasteiger partial charge in [-0.15, -0.1) is 0 Å². The first-order valence-electron chi connectivity index (χ1n) is 20.2. The van der Waals surface area contributed by atoms with Crippen molar-refractivity contribution in [3.63, 3.8) is 0 Å². The van der Waals surface area contributed by atoms with Crippen LogP contribution in [0.3, 0.4) is 0 Å². The molecule has 0 aromatic heterocycles. The first kappa shape index (κ1) is 50.4. The predicted octanol–water partition coefficient (Wildman–Crippen LogP) is 3.46. The Balaban J connectivity index is 0.00000340. The summed E-state index contributed by atoms with van der Waals surface area (Å²) < 4.78 is 78.6. The molecule has 0 radical (unpaired) electrons. The zero-order chi connectivity index (χ0) is 44.4. The van der Waals surface area contributed by atoms with E-state index in [-0.39, 0.29) is 79.7 Å². The number of hydrogen-bond acceptors (Lipinski definition) is 6. The minimum absolute atomic E-state index is 0. The van der Waals surface area contributed by atoms with Crippen LogP contribution in [0.15, 0.2) is 143 Å². The zero-order valence-corrected chi connectivity index (χ0v) is 45.3. The summed E-state index contributed by atoms with van der Waals surface area (Å²) in [6.07, 6.45) is 0. The van der Waals surface area contributed by atoms with Gasteiger partial charge < -0.3 is 9.11 Å². The average molecular weight is 939 g/mol. The van der Waals surface area contributed by atoms with Crippen LogP contribution < -0.4 is 90.9 Å². The standard InChI is InChI=1S/C52H48O6P2S2.2Na/c1-31-19-32(2)24-39(23-31)59(40-25-33(3)20-34(4)26-40)47-17-15-43-45(11-9-13-49(43)61(53,54)55)51(47)52-46-12-10-14-50(62(56,57)58)44(46)16-18-48(52)60(41-27-35(5)21-36(6)28-41)42-29-37(7)22-38(8)30-42;;/h9-30H,1-8H3,(H,53,54,55)(H,56,57,58);;/q;2*+1/p-2. The monoisotopic (exact) mass is 938 g/mol. The van der Waals surface area contributed by atoms with Gasteiger partial charge in [-0.1, -0.05) is 166 Å². The normalized spacial score (nSPS) is 11.9. The average Bonchev–Trinajstić information content (AvgIpc) is 3.15. The van der Waals surface area contributed by atoms with Gasteiger partial charge in [0.25, 0.3) is 0 Å². The van der Waals surface area contributed by atoms with E-state index in [0.717, 1.165) is 76.3 Å². The predicted molar refractivity (Wildman–Crippen MR) is 258 cm³/mol. The molecule has 0 saturated heterocycles. The maximum atomic E-state index is 13.1. The van der Waals surface area contributed by atoms with Gasteiger partial charge in [0.15, 0.2) is 0 Å². The molecule has 0 bridgehead atoms. The van der Waals surface area contributed by atoms with Crippen LogP contribution in [-0.4, -0.2) is 25.9 Å². The van der Waals surface area contributed by atoms with Crippen molar-refractivity contribution in [2.75, 3.05) is 0 Å². The molecular weight excluding hydrogens is 893 g/mol. The van der Waals surface area contributed by atoms with E-state index in [2.05, 4.69) is 128 Å². The van der Waals surface area contributed by atoms with Gasteiger partial charge in [-0.2, -0.15) is 0 Å². The Morgan fingerprint density at radius 1 is 0.344 bits per heavy atom. The molecule has 0 spiro atoms. The Hall–Kier alpha value is -3.04. The zero-order valence-electron chi connectivity index (χ0n) is 37.9. The van der Waals surface area contributed by atoms with Gasteiger partial charge in [-0.25, -0.2) is 16.8 Å². The van der Waals surface area contributed by atoms with Crippen molar-refractivity contribution in [2.24, 2.45) is 0 Å². The summed E-state index contributed by atoms with van der Waals surface area (Å²) in [5.74, 6) is 0. The number of benzene rings is 8. The Morgan fingerprint density at radius 2 is 0.594 bits per heavy atom. The molecule has 0 atom stereocenters. The summed E-state index contributed by atoms with van der Waals surface area (Å²) in [5.41, 5.74) is 10.1. The van der Waals surface area contributed by atoms with E-state index in [1.165, 1.54) is 12.1 Å². The Labute approximate surface area is 424 Å². The first-order chi connectivity index (χ1) is 29.3. The summed E-state index contributed by atoms with van der Waals surface area (Å²) in [5, 5.41) is 7.66.